The summed E-state index contributed by atoms with van der Waals surface area (Å²) in [5, 5.41) is 9.55. The lowest BCUT2D eigenvalue weighted by atomic mass is 9.86. The van der Waals surface area contributed by atoms with Crippen LogP contribution in [0.2, 0.25) is 0 Å². The van der Waals surface area contributed by atoms with Crippen molar-refractivity contribution < 1.29 is 9.90 Å². The maximum atomic E-state index is 12.6. The Morgan fingerprint density at radius 1 is 0.960 bits per heavy atom. The first kappa shape index (κ1) is 15.3. The third kappa shape index (κ3) is 3.06. The summed E-state index contributed by atoms with van der Waals surface area (Å²) < 4.78 is 0. The number of carbonyl (C=O) groups is 1. The predicted octanol–water partition coefficient (Wildman–Crippen LogP) is 4.06. The van der Waals surface area contributed by atoms with E-state index in [1.165, 1.54) is 0 Å². The number of fused-ring (bicyclic) bond motifs is 1. The molecule has 1 aromatic heterocycles. The van der Waals surface area contributed by atoms with E-state index in [1.54, 1.807) is 30.6 Å². The second-order valence-electron chi connectivity index (χ2n) is 6.05. The number of phenols is 1. The van der Waals surface area contributed by atoms with E-state index in [1.807, 2.05) is 36.4 Å². The van der Waals surface area contributed by atoms with Crippen molar-refractivity contribution in [2.45, 2.75) is 12.8 Å². The standard InChI is InChI=1S/C21H16N2O2/c24-18-8-9-19-16(11-18)6-7-17(20(19)25)10-14-12-22-21(23-13-14)15-4-2-1-3-5-15/h1-5,8-13,24H,6-7H2. The van der Waals surface area contributed by atoms with E-state index in [0.29, 0.717) is 17.8 Å². The number of aryl methyl sites for hydroxylation is 1. The summed E-state index contributed by atoms with van der Waals surface area (Å²) >= 11 is 0. The number of hydrogen-bond acceptors (Lipinski definition) is 4. The van der Waals surface area contributed by atoms with Gasteiger partial charge in [-0.3, -0.25) is 4.79 Å². The van der Waals surface area contributed by atoms with Crippen LogP contribution in [0.4, 0.5) is 0 Å². The van der Waals surface area contributed by atoms with E-state index >= 15 is 0 Å². The molecule has 1 aliphatic carbocycles. The molecule has 2 aromatic carbocycles. The molecule has 0 unspecified atom stereocenters. The predicted molar refractivity (Wildman–Crippen MR) is 96.2 cm³/mol. The van der Waals surface area contributed by atoms with Crippen LogP contribution in [-0.2, 0) is 6.42 Å². The Kier molecular flexibility index (Phi) is 3.86. The molecule has 25 heavy (non-hydrogen) atoms. The Labute approximate surface area is 145 Å². The summed E-state index contributed by atoms with van der Waals surface area (Å²) in [6, 6.07) is 14.7. The van der Waals surface area contributed by atoms with E-state index in [2.05, 4.69) is 9.97 Å². The van der Waals surface area contributed by atoms with Gasteiger partial charge in [-0.1, -0.05) is 30.3 Å². The number of Topliss-reactive ketones (excluding diaryl/α,β-unsaturated/α-hetero) is 1. The van der Waals surface area contributed by atoms with Gasteiger partial charge in [0.05, 0.1) is 0 Å². The third-order valence-electron chi connectivity index (χ3n) is 4.33. The van der Waals surface area contributed by atoms with Gasteiger partial charge in [0.1, 0.15) is 5.75 Å². The molecule has 0 atom stereocenters. The molecule has 0 saturated heterocycles. The molecule has 3 aromatic rings. The fourth-order valence-electron chi connectivity index (χ4n) is 3.05. The van der Waals surface area contributed by atoms with Gasteiger partial charge in [-0.15, -0.1) is 0 Å². The number of carbonyl (C=O) groups excluding carboxylic acids is 1. The van der Waals surface area contributed by atoms with E-state index in [-0.39, 0.29) is 11.5 Å². The van der Waals surface area contributed by atoms with Crippen LogP contribution in [0.25, 0.3) is 17.5 Å². The highest BCUT2D eigenvalue weighted by Crippen LogP contribution is 2.29. The lowest BCUT2D eigenvalue weighted by Gasteiger charge is -2.17. The zero-order valence-electron chi connectivity index (χ0n) is 13.5. The second kappa shape index (κ2) is 6.32. The van der Waals surface area contributed by atoms with Crippen LogP contribution in [0.3, 0.4) is 0 Å². The first-order valence-corrected chi connectivity index (χ1v) is 8.15. The van der Waals surface area contributed by atoms with Crippen LogP contribution in [-0.4, -0.2) is 20.9 Å². The van der Waals surface area contributed by atoms with Gasteiger partial charge in [-0.2, -0.15) is 0 Å². The Hall–Kier alpha value is -3.27. The Balaban J connectivity index is 1.61. The number of allylic oxidation sites excluding steroid dienone is 1. The largest absolute Gasteiger partial charge is 0.508 e. The summed E-state index contributed by atoms with van der Waals surface area (Å²) in [5.74, 6) is 0.871. The zero-order valence-corrected chi connectivity index (χ0v) is 13.5. The lowest BCUT2D eigenvalue weighted by molar-refractivity contribution is 0.102. The molecule has 0 aliphatic heterocycles. The quantitative estimate of drug-likeness (QED) is 0.721. The van der Waals surface area contributed by atoms with Crippen molar-refractivity contribution in [3.05, 3.63) is 83.2 Å². The van der Waals surface area contributed by atoms with Crippen LogP contribution < -0.4 is 0 Å². The smallest absolute Gasteiger partial charge is 0.189 e. The lowest BCUT2D eigenvalue weighted by Crippen LogP contribution is -2.13. The minimum absolute atomic E-state index is 0.00776. The van der Waals surface area contributed by atoms with Crippen LogP contribution in [0.1, 0.15) is 27.9 Å². The average molecular weight is 328 g/mol. The molecule has 0 amide bonds. The van der Waals surface area contributed by atoms with Crippen molar-refractivity contribution in [1.82, 2.24) is 9.97 Å². The number of nitrogens with zero attached hydrogens (tertiary/aromatic N) is 2. The van der Waals surface area contributed by atoms with Gasteiger partial charge in [-0.05, 0) is 42.7 Å². The minimum Gasteiger partial charge on any atom is -0.508 e. The van der Waals surface area contributed by atoms with Crippen molar-refractivity contribution in [3.8, 4) is 17.1 Å². The van der Waals surface area contributed by atoms with Crippen LogP contribution >= 0.6 is 0 Å². The fraction of sp³-hybridized carbons (Fsp3) is 0.0952. The van der Waals surface area contributed by atoms with Crippen LogP contribution in [0, 0.1) is 0 Å². The first-order chi connectivity index (χ1) is 12.2. The van der Waals surface area contributed by atoms with Crippen molar-refractivity contribution in [2.24, 2.45) is 0 Å². The van der Waals surface area contributed by atoms with Crippen molar-refractivity contribution in [1.29, 1.82) is 0 Å². The Bertz CT molecular complexity index is 961. The molecule has 1 N–H and O–H groups in total. The molecule has 4 nitrogen and oxygen atoms in total. The van der Waals surface area contributed by atoms with E-state index in [4.69, 9.17) is 0 Å². The van der Waals surface area contributed by atoms with Gasteiger partial charge in [0.2, 0.25) is 0 Å². The van der Waals surface area contributed by atoms with Gasteiger partial charge in [0.25, 0.3) is 0 Å². The van der Waals surface area contributed by atoms with E-state index < -0.39 is 0 Å². The topological polar surface area (TPSA) is 63.1 Å². The number of rotatable bonds is 2. The fourth-order valence-corrected chi connectivity index (χ4v) is 3.05. The Morgan fingerprint density at radius 2 is 1.72 bits per heavy atom. The molecular weight excluding hydrogens is 312 g/mol. The normalized spacial score (nSPS) is 15.2. The number of ketones is 1. The number of phenolic OH excluding ortho intramolecular Hbond substituents is 1. The highest BCUT2D eigenvalue weighted by atomic mass is 16.3. The third-order valence-corrected chi connectivity index (χ3v) is 4.33. The van der Waals surface area contributed by atoms with Crippen molar-refractivity contribution in [3.63, 3.8) is 0 Å². The first-order valence-electron chi connectivity index (χ1n) is 8.15. The molecule has 1 heterocycles. The van der Waals surface area contributed by atoms with Gasteiger partial charge in [0, 0.05) is 34.7 Å². The molecule has 4 heteroatoms. The van der Waals surface area contributed by atoms with Crippen molar-refractivity contribution >= 4 is 11.9 Å². The SMILES string of the molecule is O=C1C(=Cc2cnc(-c3ccccc3)nc2)CCc2cc(O)ccc21. The van der Waals surface area contributed by atoms with Gasteiger partial charge < -0.3 is 5.11 Å². The molecule has 0 fully saturated rings. The molecule has 4 rings (SSSR count). The van der Waals surface area contributed by atoms with E-state index in [0.717, 1.165) is 28.7 Å². The zero-order chi connectivity index (χ0) is 17.2. The maximum Gasteiger partial charge on any atom is 0.189 e. The summed E-state index contributed by atoms with van der Waals surface area (Å²) in [7, 11) is 0. The molecular formula is C21H16N2O2. The molecule has 0 bridgehead atoms. The maximum absolute atomic E-state index is 12.6. The van der Waals surface area contributed by atoms with Gasteiger partial charge >= 0.3 is 0 Å². The van der Waals surface area contributed by atoms with Gasteiger partial charge in [0.15, 0.2) is 11.6 Å². The summed E-state index contributed by atoms with van der Waals surface area (Å²) in [4.78, 5) is 21.4. The van der Waals surface area contributed by atoms with Gasteiger partial charge in [-0.25, -0.2) is 9.97 Å². The Morgan fingerprint density at radius 3 is 2.48 bits per heavy atom. The van der Waals surface area contributed by atoms with Crippen molar-refractivity contribution in [2.75, 3.05) is 0 Å². The monoisotopic (exact) mass is 328 g/mol. The second-order valence-corrected chi connectivity index (χ2v) is 6.05. The number of benzene rings is 2. The molecule has 0 radical (unpaired) electrons. The molecule has 0 saturated carbocycles. The van der Waals surface area contributed by atoms with Crippen LogP contribution in [0.15, 0.2) is 66.5 Å². The number of aromatic nitrogens is 2. The number of hydrogen-bond donors (Lipinski definition) is 1. The highest BCUT2D eigenvalue weighted by molar-refractivity contribution is 6.13. The molecule has 1 aliphatic rings. The average Bonchev–Trinajstić information content (AvgIpc) is 2.65. The summed E-state index contributed by atoms with van der Waals surface area (Å²) in [5.41, 5.74) is 4.08. The summed E-state index contributed by atoms with van der Waals surface area (Å²) in [6.07, 6.45) is 6.72. The van der Waals surface area contributed by atoms with Crippen LogP contribution in [0.5, 0.6) is 5.75 Å². The molecule has 0 spiro atoms. The van der Waals surface area contributed by atoms with E-state index in [9.17, 15) is 9.90 Å². The highest BCUT2D eigenvalue weighted by Gasteiger charge is 2.22. The minimum atomic E-state index is 0.00776. The number of aromatic hydroxyl groups is 1. The molecule has 122 valence electrons. The summed E-state index contributed by atoms with van der Waals surface area (Å²) in [6.45, 7) is 0.